The lowest BCUT2D eigenvalue weighted by Crippen LogP contribution is -2.22. The van der Waals surface area contributed by atoms with Gasteiger partial charge in [-0.3, -0.25) is 4.79 Å². The summed E-state index contributed by atoms with van der Waals surface area (Å²) < 4.78 is 6.20. The summed E-state index contributed by atoms with van der Waals surface area (Å²) in [6.07, 6.45) is 5.99. The predicted octanol–water partition coefficient (Wildman–Crippen LogP) is 1.90. The third-order valence-electron chi connectivity index (χ3n) is 3.81. The van der Waals surface area contributed by atoms with Gasteiger partial charge in [-0.1, -0.05) is 12.1 Å². The smallest absolute Gasteiger partial charge is 0.362 e. The van der Waals surface area contributed by atoms with Gasteiger partial charge in [-0.25, -0.2) is 9.48 Å². The minimum Gasteiger partial charge on any atom is -0.464 e. The fourth-order valence-corrected chi connectivity index (χ4v) is 2.76. The van der Waals surface area contributed by atoms with E-state index >= 15 is 0 Å². The van der Waals surface area contributed by atoms with Crippen LogP contribution in [0.2, 0.25) is 0 Å². The van der Waals surface area contributed by atoms with Crippen molar-refractivity contribution < 1.29 is 9.53 Å². The van der Waals surface area contributed by atoms with Gasteiger partial charge in [0.05, 0.1) is 12.8 Å². The van der Waals surface area contributed by atoms with Crippen molar-refractivity contribution in [3.8, 4) is 5.69 Å². The summed E-state index contributed by atoms with van der Waals surface area (Å²) in [5, 5.41) is 4.15. The summed E-state index contributed by atoms with van der Waals surface area (Å²) in [6.45, 7) is 0. The van der Waals surface area contributed by atoms with E-state index in [9.17, 15) is 9.59 Å². The molecule has 1 aliphatic carbocycles. The van der Waals surface area contributed by atoms with Crippen LogP contribution < -0.4 is 5.43 Å². The highest BCUT2D eigenvalue weighted by atomic mass is 16.5. The average molecular weight is 284 g/mol. The topological polar surface area (TPSA) is 61.2 Å². The Morgan fingerprint density at radius 2 is 2.05 bits per heavy atom. The number of fused-ring (bicyclic) bond motifs is 1. The van der Waals surface area contributed by atoms with Gasteiger partial charge in [0.2, 0.25) is 11.1 Å². The first kappa shape index (κ1) is 13.5. The van der Waals surface area contributed by atoms with Gasteiger partial charge in [0.15, 0.2) is 0 Å². The number of hydrogen-bond acceptors (Lipinski definition) is 4. The van der Waals surface area contributed by atoms with Crippen molar-refractivity contribution in [2.75, 3.05) is 7.11 Å². The van der Waals surface area contributed by atoms with Gasteiger partial charge in [-0.05, 0) is 42.9 Å². The second kappa shape index (κ2) is 5.52. The molecule has 3 rings (SSSR count). The first-order valence-corrected chi connectivity index (χ1v) is 7.00. The Balaban J connectivity index is 2.13. The van der Waals surface area contributed by atoms with Crippen LogP contribution in [0.25, 0.3) is 5.69 Å². The van der Waals surface area contributed by atoms with Gasteiger partial charge in [0.25, 0.3) is 0 Å². The van der Waals surface area contributed by atoms with Crippen molar-refractivity contribution >= 4 is 5.97 Å². The molecule has 0 bridgehead atoms. The zero-order chi connectivity index (χ0) is 14.8. The number of benzene rings is 1. The molecule has 5 nitrogen and oxygen atoms in total. The van der Waals surface area contributed by atoms with Gasteiger partial charge in [0, 0.05) is 12.3 Å². The van der Waals surface area contributed by atoms with Crippen molar-refractivity contribution in [1.82, 2.24) is 9.78 Å². The minimum absolute atomic E-state index is 0.187. The highest BCUT2D eigenvalue weighted by Gasteiger charge is 2.17. The van der Waals surface area contributed by atoms with E-state index in [2.05, 4.69) is 15.9 Å². The third kappa shape index (κ3) is 2.46. The molecule has 0 unspecified atom stereocenters. The minimum atomic E-state index is -0.709. The molecule has 0 amide bonds. The van der Waals surface area contributed by atoms with Crippen LogP contribution in [0.1, 0.15) is 34.5 Å². The molecule has 0 saturated heterocycles. The fraction of sp³-hybridized carbons (Fsp3) is 0.312. The van der Waals surface area contributed by atoms with Crippen molar-refractivity contribution in [2.24, 2.45) is 0 Å². The monoisotopic (exact) mass is 284 g/mol. The lowest BCUT2D eigenvalue weighted by molar-refractivity contribution is 0.0590. The zero-order valence-electron chi connectivity index (χ0n) is 11.8. The first-order valence-electron chi connectivity index (χ1n) is 7.00. The van der Waals surface area contributed by atoms with E-state index in [4.69, 9.17) is 0 Å². The zero-order valence-corrected chi connectivity index (χ0v) is 11.8. The Morgan fingerprint density at radius 1 is 1.24 bits per heavy atom. The number of methoxy groups -OCH3 is 1. The quantitative estimate of drug-likeness (QED) is 0.790. The Kier molecular flexibility index (Phi) is 3.56. The van der Waals surface area contributed by atoms with E-state index in [0.29, 0.717) is 0 Å². The maximum absolute atomic E-state index is 11.7. The molecule has 1 aliphatic rings. The van der Waals surface area contributed by atoms with Crippen molar-refractivity contribution in [3.63, 3.8) is 0 Å². The molecule has 0 saturated carbocycles. The number of esters is 1. The lowest BCUT2D eigenvalue weighted by atomic mass is 9.90. The molecule has 0 aliphatic heterocycles. The molecule has 0 N–H and O–H groups in total. The number of hydrogen-bond donors (Lipinski definition) is 0. The molecule has 21 heavy (non-hydrogen) atoms. The van der Waals surface area contributed by atoms with E-state index in [1.165, 1.54) is 30.7 Å². The van der Waals surface area contributed by atoms with E-state index in [1.54, 1.807) is 10.9 Å². The van der Waals surface area contributed by atoms with Crippen LogP contribution in [-0.2, 0) is 17.6 Å². The molecule has 1 aromatic heterocycles. The number of aryl methyl sites for hydroxylation is 1. The number of rotatable bonds is 2. The van der Waals surface area contributed by atoms with Crippen LogP contribution in [0.4, 0.5) is 0 Å². The average Bonchev–Trinajstić information content (AvgIpc) is 2.54. The highest BCUT2D eigenvalue weighted by Crippen LogP contribution is 2.26. The standard InChI is InChI=1S/C16H16N2O3/c1-21-16(20)15-14(19)9-10-18(17-15)13-8-4-6-11-5-2-3-7-12(11)13/h4,6,8-10H,2-3,5,7H2,1H3. The van der Waals surface area contributed by atoms with Crippen LogP contribution >= 0.6 is 0 Å². The second-order valence-corrected chi connectivity index (χ2v) is 5.09. The molecule has 1 aromatic carbocycles. The third-order valence-corrected chi connectivity index (χ3v) is 3.81. The largest absolute Gasteiger partial charge is 0.464 e. The van der Waals surface area contributed by atoms with Crippen molar-refractivity contribution in [3.05, 3.63) is 57.5 Å². The molecule has 108 valence electrons. The maximum Gasteiger partial charge on any atom is 0.362 e. The Hall–Kier alpha value is -2.43. The van der Waals surface area contributed by atoms with Crippen LogP contribution in [0.5, 0.6) is 0 Å². The highest BCUT2D eigenvalue weighted by molar-refractivity contribution is 5.86. The SMILES string of the molecule is COC(=O)c1nn(-c2cccc3c2CCCC3)ccc1=O. The number of nitrogens with zero attached hydrogens (tertiary/aromatic N) is 2. The summed E-state index contributed by atoms with van der Waals surface area (Å²) in [7, 11) is 1.24. The first-order chi connectivity index (χ1) is 10.2. The van der Waals surface area contributed by atoms with Crippen molar-refractivity contribution in [2.45, 2.75) is 25.7 Å². The fourth-order valence-electron chi connectivity index (χ4n) is 2.76. The molecular weight excluding hydrogens is 268 g/mol. The Morgan fingerprint density at radius 3 is 2.86 bits per heavy atom. The van der Waals surface area contributed by atoms with Gasteiger partial charge < -0.3 is 4.74 Å². The van der Waals surface area contributed by atoms with Crippen LogP contribution in [0, 0.1) is 0 Å². The molecular formula is C16H16N2O3. The number of aromatic nitrogens is 2. The van der Waals surface area contributed by atoms with Gasteiger partial charge in [-0.2, -0.15) is 5.10 Å². The van der Waals surface area contributed by atoms with Crippen LogP contribution in [-0.4, -0.2) is 22.9 Å². The van der Waals surface area contributed by atoms with E-state index < -0.39 is 11.4 Å². The summed E-state index contributed by atoms with van der Waals surface area (Å²) >= 11 is 0. The number of carbonyl (C=O) groups excluding carboxylic acids is 1. The molecule has 1 heterocycles. The van der Waals surface area contributed by atoms with Gasteiger partial charge in [0.1, 0.15) is 0 Å². The van der Waals surface area contributed by atoms with E-state index in [-0.39, 0.29) is 5.69 Å². The molecule has 0 spiro atoms. The number of ether oxygens (including phenoxy) is 1. The lowest BCUT2D eigenvalue weighted by Gasteiger charge is -2.19. The van der Waals surface area contributed by atoms with Gasteiger partial charge >= 0.3 is 5.97 Å². The number of carbonyl (C=O) groups is 1. The summed E-state index contributed by atoms with van der Waals surface area (Å²) in [6, 6.07) is 7.42. The van der Waals surface area contributed by atoms with Crippen LogP contribution in [0.15, 0.2) is 35.3 Å². The Bertz CT molecular complexity index is 749. The second-order valence-electron chi connectivity index (χ2n) is 5.09. The van der Waals surface area contributed by atoms with E-state index in [0.717, 1.165) is 24.9 Å². The summed E-state index contributed by atoms with van der Waals surface area (Å²) in [4.78, 5) is 23.3. The van der Waals surface area contributed by atoms with Crippen molar-refractivity contribution in [1.29, 1.82) is 0 Å². The molecule has 5 heteroatoms. The molecule has 0 radical (unpaired) electrons. The predicted molar refractivity (Wildman–Crippen MR) is 77.8 cm³/mol. The van der Waals surface area contributed by atoms with Gasteiger partial charge in [-0.15, -0.1) is 0 Å². The molecule has 0 fully saturated rings. The van der Waals surface area contributed by atoms with Crippen LogP contribution in [0.3, 0.4) is 0 Å². The maximum atomic E-state index is 11.7. The normalized spacial score (nSPS) is 13.6. The molecule has 0 atom stereocenters. The summed E-state index contributed by atoms with van der Waals surface area (Å²) in [5.74, 6) is -0.709. The summed E-state index contributed by atoms with van der Waals surface area (Å²) in [5.41, 5.74) is 2.88. The van der Waals surface area contributed by atoms with E-state index in [1.807, 2.05) is 12.1 Å². The Labute approximate surface area is 122 Å². The molecule has 2 aromatic rings.